The van der Waals surface area contributed by atoms with Gasteiger partial charge >= 0.3 is 0 Å². The van der Waals surface area contributed by atoms with Crippen LogP contribution in [-0.4, -0.2) is 23.9 Å². The van der Waals surface area contributed by atoms with E-state index in [1.54, 1.807) is 0 Å². The van der Waals surface area contributed by atoms with Gasteiger partial charge in [-0.05, 0) is 46.8 Å². The van der Waals surface area contributed by atoms with E-state index in [0.29, 0.717) is 0 Å². The standard InChI is InChI=1S/C15H22BrNO/c1-10-8-7-9-12(13(10)16)14(18)17(6)11(2)15(3,4)5/h7-9,11H,1-6H3. The fourth-order valence-corrected chi connectivity index (χ4v) is 2.19. The summed E-state index contributed by atoms with van der Waals surface area (Å²) in [5.41, 5.74) is 1.88. The monoisotopic (exact) mass is 311 g/mol. The summed E-state index contributed by atoms with van der Waals surface area (Å²) in [4.78, 5) is 14.3. The molecule has 3 heteroatoms. The van der Waals surface area contributed by atoms with E-state index in [2.05, 4.69) is 43.6 Å². The summed E-state index contributed by atoms with van der Waals surface area (Å²) in [6.07, 6.45) is 0. The smallest absolute Gasteiger partial charge is 0.255 e. The Kier molecular flexibility index (Phi) is 4.60. The molecule has 1 aromatic rings. The third kappa shape index (κ3) is 3.14. The average Bonchev–Trinajstić information content (AvgIpc) is 2.28. The molecule has 1 unspecified atom stereocenters. The van der Waals surface area contributed by atoms with Gasteiger partial charge in [-0.1, -0.05) is 32.9 Å². The van der Waals surface area contributed by atoms with Crippen molar-refractivity contribution >= 4 is 21.8 Å². The maximum atomic E-state index is 12.5. The molecule has 0 aliphatic heterocycles. The Morgan fingerprint density at radius 1 is 1.33 bits per heavy atom. The number of amides is 1. The SMILES string of the molecule is Cc1cccc(C(=O)N(C)C(C)C(C)(C)C)c1Br. The second-order valence-corrected chi connectivity index (χ2v) is 6.69. The van der Waals surface area contributed by atoms with Crippen LogP contribution >= 0.6 is 15.9 Å². The van der Waals surface area contributed by atoms with E-state index in [1.807, 2.05) is 37.1 Å². The molecule has 18 heavy (non-hydrogen) atoms. The van der Waals surface area contributed by atoms with E-state index >= 15 is 0 Å². The summed E-state index contributed by atoms with van der Waals surface area (Å²) in [6, 6.07) is 5.96. The predicted molar refractivity (Wildman–Crippen MR) is 79.9 cm³/mol. The summed E-state index contributed by atoms with van der Waals surface area (Å²) in [7, 11) is 1.87. The van der Waals surface area contributed by atoms with Gasteiger partial charge < -0.3 is 4.90 Å². The van der Waals surface area contributed by atoms with Crippen LogP contribution < -0.4 is 0 Å². The zero-order valence-corrected chi connectivity index (χ0v) is 13.6. The van der Waals surface area contributed by atoms with Crippen LogP contribution in [-0.2, 0) is 0 Å². The Labute approximate surface area is 119 Å². The second-order valence-electron chi connectivity index (χ2n) is 5.89. The number of carbonyl (C=O) groups excluding carboxylic acids is 1. The number of benzene rings is 1. The van der Waals surface area contributed by atoms with Crippen molar-refractivity contribution in [1.29, 1.82) is 0 Å². The van der Waals surface area contributed by atoms with E-state index in [4.69, 9.17) is 0 Å². The fraction of sp³-hybridized carbons (Fsp3) is 0.533. The normalized spacial score (nSPS) is 13.3. The Morgan fingerprint density at radius 2 is 1.89 bits per heavy atom. The highest BCUT2D eigenvalue weighted by Crippen LogP contribution is 2.27. The third-order valence-corrected chi connectivity index (χ3v) is 4.63. The first-order valence-corrected chi connectivity index (χ1v) is 6.98. The molecular formula is C15H22BrNO. The first-order valence-electron chi connectivity index (χ1n) is 6.18. The van der Waals surface area contributed by atoms with Crippen LogP contribution in [0.25, 0.3) is 0 Å². The van der Waals surface area contributed by atoms with E-state index in [0.717, 1.165) is 15.6 Å². The molecule has 0 N–H and O–H groups in total. The molecule has 0 bridgehead atoms. The molecule has 0 saturated heterocycles. The van der Waals surface area contributed by atoms with Crippen molar-refractivity contribution in [1.82, 2.24) is 4.90 Å². The van der Waals surface area contributed by atoms with Gasteiger partial charge in [-0.25, -0.2) is 0 Å². The van der Waals surface area contributed by atoms with E-state index in [-0.39, 0.29) is 17.4 Å². The summed E-state index contributed by atoms with van der Waals surface area (Å²) >= 11 is 3.50. The van der Waals surface area contributed by atoms with Gasteiger partial charge in [0, 0.05) is 17.6 Å². The minimum absolute atomic E-state index is 0.0630. The van der Waals surface area contributed by atoms with E-state index < -0.39 is 0 Å². The van der Waals surface area contributed by atoms with Crippen molar-refractivity contribution in [3.63, 3.8) is 0 Å². The van der Waals surface area contributed by atoms with E-state index in [9.17, 15) is 4.79 Å². The molecule has 1 atom stereocenters. The number of aryl methyl sites for hydroxylation is 1. The van der Waals surface area contributed by atoms with Crippen LogP contribution in [0, 0.1) is 12.3 Å². The van der Waals surface area contributed by atoms with Gasteiger partial charge in [0.05, 0.1) is 5.56 Å². The second kappa shape index (κ2) is 5.43. The lowest BCUT2D eigenvalue weighted by Gasteiger charge is -2.35. The van der Waals surface area contributed by atoms with Crippen molar-refractivity contribution in [2.75, 3.05) is 7.05 Å². The van der Waals surface area contributed by atoms with Gasteiger partial charge in [0.15, 0.2) is 0 Å². The molecule has 0 aromatic heterocycles. The van der Waals surface area contributed by atoms with Crippen molar-refractivity contribution < 1.29 is 4.79 Å². The van der Waals surface area contributed by atoms with Crippen molar-refractivity contribution in [3.8, 4) is 0 Å². The van der Waals surface area contributed by atoms with Crippen molar-refractivity contribution in [3.05, 3.63) is 33.8 Å². The third-order valence-electron chi connectivity index (χ3n) is 3.58. The zero-order chi connectivity index (χ0) is 14.1. The minimum Gasteiger partial charge on any atom is -0.338 e. The number of hydrogen-bond donors (Lipinski definition) is 0. The molecule has 0 heterocycles. The van der Waals surface area contributed by atoms with E-state index in [1.165, 1.54) is 0 Å². The van der Waals surface area contributed by atoms with Crippen LogP contribution in [0.2, 0.25) is 0 Å². The zero-order valence-electron chi connectivity index (χ0n) is 12.0. The predicted octanol–water partition coefficient (Wildman–Crippen LogP) is 4.26. The average molecular weight is 312 g/mol. The van der Waals surface area contributed by atoms with Gasteiger partial charge in [-0.2, -0.15) is 0 Å². The largest absolute Gasteiger partial charge is 0.338 e. The lowest BCUT2D eigenvalue weighted by atomic mass is 9.87. The number of halogens is 1. The van der Waals surface area contributed by atoms with Crippen LogP contribution in [0.4, 0.5) is 0 Å². The molecule has 0 aliphatic carbocycles. The van der Waals surface area contributed by atoms with Crippen LogP contribution in [0.3, 0.4) is 0 Å². The number of rotatable bonds is 2. The fourth-order valence-electron chi connectivity index (χ4n) is 1.76. The Morgan fingerprint density at radius 3 is 2.39 bits per heavy atom. The van der Waals surface area contributed by atoms with Crippen LogP contribution in [0.1, 0.15) is 43.6 Å². The molecule has 2 nitrogen and oxygen atoms in total. The maximum Gasteiger partial charge on any atom is 0.255 e. The number of nitrogens with zero attached hydrogens (tertiary/aromatic N) is 1. The van der Waals surface area contributed by atoms with Gasteiger partial charge in [-0.3, -0.25) is 4.79 Å². The Hall–Kier alpha value is -0.830. The molecular weight excluding hydrogens is 290 g/mol. The molecule has 0 spiro atoms. The molecule has 0 fully saturated rings. The quantitative estimate of drug-likeness (QED) is 0.799. The molecule has 1 amide bonds. The Bertz CT molecular complexity index is 448. The summed E-state index contributed by atoms with van der Waals surface area (Å²) in [6.45, 7) is 10.5. The highest BCUT2D eigenvalue weighted by molar-refractivity contribution is 9.10. The van der Waals surface area contributed by atoms with Crippen molar-refractivity contribution in [2.24, 2.45) is 5.41 Å². The molecule has 1 rings (SSSR count). The summed E-state index contributed by atoms with van der Waals surface area (Å²) in [5, 5.41) is 0. The van der Waals surface area contributed by atoms with Crippen LogP contribution in [0.5, 0.6) is 0 Å². The highest BCUT2D eigenvalue weighted by Gasteiger charge is 2.28. The minimum atomic E-state index is 0.0630. The lowest BCUT2D eigenvalue weighted by Crippen LogP contribution is -2.43. The topological polar surface area (TPSA) is 20.3 Å². The Balaban J connectivity index is 3.05. The van der Waals surface area contributed by atoms with Gasteiger partial charge in [0.2, 0.25) is 0 Å². The number of carbonyl (C=O) groups is 1. The summed E-state index contributed by atoms with van der Waals surface area (Å²) in [5.74, 6) is 0.0630. The van der Waals surface area contributed by atoms with Gasteiger partial charge in [-0.15, -0.1) is 0 Å². The molecule has 0 aliphatic rings. The lowest BCUT2D eigenvalue weighted by molar-refractivity contribution is 0.0628. The summed E-state index contributed by atoms with van der Waals surface area (Å²) < 4.78 is 0.892. The first kappa shape index (κ1) is 15.2. The van der Waals surface area contributed by atoms with Gasteiger partial charge in [0.1, 0.15) is 0 Å². The molecule has 1 aromatic carbocycles. The molecule has 100 valence electrons. The maximum absolute atomic E-state index is 12.5. The molecule has 0 saturated carbocycles. The van der Waals surface area contributed by atoms with Gasteiger partial charge in [0.25, 0.3) is 5.91 Å². The molecule has 0 radical (unpaired) electrons. The van der Waals surface area contributed by atoms with Crippen molar-refractivity contribution in [2.45, 2.75) is 40.7 Å². The first-order chi connectivity index (χ1) is 8.16. The number of hydrogen-bond acceptors (Lipinski definition) is 1. The van der Waals surface area contributed by atoms with Crippen LogP contribution in [0.15, 0.2) is 22.7 Å². The highest BCUT2D eigenvalue weighted by atomic mass is 79.9.